The van der Waals surface area contributed by atoms with Gasteiger partial charge in [-0.25, -0.2) is 18.4 Å². The van der Waals surface area contributed by atoms with Gasteiger partial charge in [0.15, 0.2) is 15.0 Å². The maximum Gasteiger partial charge on any atom is 0.230 e. The first-order valence-corrected chi connectivity index (χ1v) is 13.9. The Balaban J connectivity index is 1.41. The molecule has 0 aliphatic carbocycles. The van der Waals surface area contributed by atoms with E-state index in [2.05, 4.69) is 29.0 Å². The highest BCUT2D eigenvalue weighted by atomic mass is 32.2. The largest absolute Gasteiger partial charge is 0.302 e. The van der Waals surface area contributed by atoms with Crippen LogP contribution >= 0.6 is 11.3 Å². The highest BCUT2D eigenvalue weighted by Gasteiger charge is 2.36. The Morgan fingerprint density at radius 1 is 1.23 bits per heavy atom. The van der Waals surface area contributed by atoms with E-state index in [9.17, 15) is 13.2 Å². The molecule has 1 amide bonds. The molecule has 0 saturated carbocycles. The summed E-state index contributed by atoms with van der Waals surface area (Å²) in [7, 11) is -3.26. The van der Waals surface area contributed by atoms with Crippen molar-refractivity contribution in [3.63, 3.8) is 0 Å². The van der Waals surface area contributed by atoms with Gasteiger partial charge in [-0.3, -0.25) is 9.69 Å². The third-order valence-corrected chi connectivity index (χ3v) is 8.70. The van der Waals surface area contributed by atoms with Crippen LogP contribution in [-0.2, 0) is 34.1 Å². The van der Waals surface area contributed by atoms with Crippen molar-refractivity contribution in [1.82, 2.24) is 14.9 Å². The second-order valence-corrected chi connectivity index (χ2v) is 12.2. The van der Waals surface area contributed by atoms with E-state index in [1.54, 1.807) is 43.5 Å². The number of aromatic nitrogens is 2. The van der Waals surface area contributed by atoms with Crippen molar-refractivity contribution in [2.24, 2.45) is 5.92 Å². The molecule has 1 aromatic carbocycles. The third-order valence-electron chi connectivity index (χ3n) is 5.98. The van der Waals surface area contributed by atoms with Crippen molar-refractivity contribution in [2.75, 3.05) is 11.1 Å². The molecule has 35 heavy (non-hydrogen) atoms. The number of hydrogen-bond donors (Lipinski definition) is 1. The summed E-state index contributed by atoms with van der Waals surface area (Å²) in [6.45, 7) is 7.36. The summed E-state index contributed by atoms with van der Waals surface area (Å²) >= 11 is 1.49. The van der Waals surface area contributed by atoms with Gasteiger partial charge in [0.1, 0.15) is 11.8 Å². The number of anilines is 1. The van der Waals surface area contributed by atoms with Gasteiger partial charge in [-0.1, -0.05) is 39.0 Å². The number of hydrogen-bond acceptors (Lipinski definition) is 8. The zero-order valence-electron chi connectivity index (χ0n) is 19.9. The van der Waals surface area contributed by atoms with E-state index in [4.69, 9.17) is 10.2 Å². The average molecular weight is 510 g/mol. The van der Waals surface area contributed by atoms with Crippen LogP contribution in [0, 0.1) is 17.2 Å². The summed E-state index contributed by atoms with van der Waals surface area (Å²) in [6, 6.07) is 12.3. The molecule has 0 saturated heterocycles. The first kappa shape index (κ1) is 25.0. The van der Waals surface area contributed by atoms with E-state index in [1.165, 1.54) is 11.3 Å². The zero-order chi connectivity index (χ0) is 25.2. The van der Waals surface area contributed by atoms with Gasteiger partial charge in [-0.05, 0) is 35.2 Å². The summed E-state index contributed by atoms with van der Waals surface area (Å²) in [5, 5.41) is 12.4. The summed E-state index contributed by atoms with van der Waals surface area (Å²) in [5.41, 5.74) is 3.18. The smallest absolute Gasteiger partial charge is 0.230 e. The minimum absolute atomic E-state index is 0.0424. The summed E-state index contributed by atoms with van der Waals surface area (Å²) in [5.74, 6) is 0.178. The summed E-state index contributed by atoms with van der Waals surface area (Å²) in [4.78, 5) is 25.3. The number of amides is 1. The van der Waals surface area contributed by atoms with Crippen LogP contribution in [0.4, 0.5) is 5.13 Å². The molecule has 8 nitrogen and oxygen atoms in total. The molecule has 1 aliphatic rings. The predicted molar refractivity (Wildman–Crippen MR) is 134 cm³/mol. The minimum atomic E-state index is -3.26. The maximum atomic E-state index is 12.6. The van der Waals surface area contributed by atoms with Crippen molar-refractivity contribution in [1.29, 1.82) is 5.26 Å². The lowest BCUT2D eigenvalue weighted by molar-refractivity contribution is -0.115. The van der Waals surface area contributed by atoms with Crippen molar-refractivity contribution < 1.29 is 13.2 Å². The Morgan fingerprint density at radius 3 is 2.54 bits per heavy atom. The molecule has 4 rings (SSSR count). The number of nitrogens with zero attached hydrogens (tertiary/aromatic N) is 4. The van der Waals surface area contributed by atoms with Gasteiger partial charge >= 0.3 is 0 Å². The number of benzene rings is 1. The Bertz CT molecular complexity index is 1360. The summed E-state index contributed by atoms with van der Waals surface area (Å²) in [6.07, 6.45) is 1.88. The standard InChI is InChI=1S/C25H27N5O3S2/c1-4-35(32,33)20-9-6-17(7-10-20)11-22(31)28-25-29-23-21(34-25)15-30(24(23)16(2)3)14-18-5-8-19(12-26)27-13-18/h5-10,13,16,24H,4,11,14-15H2,1-3H3,(H,28,29,31)/t24-/m0/s1. The average Bonchev–Trinajstić information content (AvgIpc) is 3.36. The molecule has 0 radical (unpaired) electrons. The Labute approximate surface area is 209 Å². The van der Waals surface area contributed by atoms with Gasteiger partial charge in [0.05, 0.1) is 28.8 Å². The van der Waals surface area contributed by atoms with Crippen molar-refractivity contribution in [3.05, 3.63) is 70.0 Å². The normalized spacial score (nSPS) is 15.7. The van der Waals surface area contributed by atoms with Crippen molar-refractivity contribution >= 4 is 32.2 Å². The second-order valence-electron chi connectivity index (χ2n) is 8.86. The number of fused-ring (bicyclic) bond motifs is 1. The van der Waals surface area contributed by atoms with Crippen molar-refractivity contribution in [2.45, 2.75) is 51.2 Å². The predicted octanol–water partition coefficient (Wildman–Crippen LogP) is 4.10. The fraction of sp³-hybridized carbons (Fsp3) is 0.360. The molecule has 1 aliphatic heterocycles. The molecule has 2 aromatic heterocycles. The first-order chi connectivity index (χ1) is 16.7. The quantitative estimate of drug-likeness (QED) is 0.486. The topological polar surface area (TPSA) is 116 Å². The summed E-state index contributed by atoms with van der Waals surface area (Å²) < 4.78 is 23.9. The lowest BCUT2D eigenvalue weighted by atomic mass is 10.0. The van der Waals surface area contributed by atoms with Crippen LogP contribution in [0.5, 0.6) is 0 Å². The van der Waals surface area contributed by atoms with Crippen LogP contribution in [0.25, 0.3) is 0 Å². The van der Waals surface area contributed by atoms with E-state index < -0.39 is 9.84 Å². The third kappa shape index (κ3) is 5.59. The molecular weight excluding hydrogens is 482 g/mol. The number of nitrogens with one attached hydrogen (secondary N) is 1. The van der Waals surface area contributed by atoms with E-state index in [0.29, 0.717) is 23.3 Å². The second kappa shape index (κ2) is 10.2. The van der Waals surface area contributed by atoms with Gasteiger partial charge < -0.3 is 5.32 Å². The number of rotatable bonds is 8. The maximum absolute atomic E-state index is 12.6. The van der Waals surface area contributed by atoms with Crippen LogP contribution in [0.3, 0.4) is 0 Å². The first-order valence-electron chi connectivity index (χ1n) is 11.4. The van der Waals surface area contributed by atoms with Gasteiger partial charge in [0, 0.05) is 24.2 Å². The van der Waals surface area contributed by atoms with Gasteiger partial charge in [-0.2, -0.15) is 5.26 Å². The number of carbonyl (C=O) groups excluding carboxylic acids is 1. The Hall–Kier alpha value is -3.13. The van der Waals surface area contributed by atoms with Gasteiger partial charge in [0.25, 0.3) is 0 Å². The van der Waals surface area contributed by atoms with E-state index in [0.717, 1.165) is 28.2 Å². The Morgan fingerprint density at radius 2 is 1.94 bits per heavy atom. The van der Waals surface area contributed by atoms with Crippen LogP contribution in [0.15, 0.2) is 47.5 Å². The minimum Gasteiger partial charge on any atom is -0.302 e. The zero-order valence-corrected chi connectivity index (χ0v) is 21.5. The van der Waals surface area contributed by atoms with Gasteiger partial charge in [0.2, 0.25) is 5.91 Å². The molecule has 1 atom stereocenters. The lowest BCUT2D eigenvalue weighted by Gasteiger charge is -2.27. The molecule has 0 bridgehead atoms. The Kier molecular flexibility index (Phi) is 7.31. The van der Waals surface area contributed by atoms with E-state index >= 15 is 0 Å². The monoisotopic (exact) mass is 509 g/mol. The highest BCUT2D eigenvalue weighted by molar-refractivity contribution is 7.91. The molecule has 0 fully saturated rings. The fourth-order valence-electron chi connectivity index (χ4n) is 4.26. The van der Waals surface area contributed by atoms with Crippen molar-refractivity contribution in [3.8, 4) is 6.07 Å². The van der Waals surface area contributed by atoms with E-state index in [1.807, 2.05) is 12.1 Å². The van der Waals surface area contributed by atoms with Crippen LogP contribution in [0.2, 0.25) is 0 Å². The number of carbonyl (C=O) groups is 1. The molecule has 3 heterocycles. The fourth-order valence-corrected chi connectivity index (χ4v) is 6.19. The molecule has 0 unspecified atom stereocenters. The number of thiazole rings is 1. The van der Waals surface area contributed by atoms with Crippen LogP contribution < -0.4 is 5.32 Å². The van der Waals surface area contributed by atoms with Crippen LogP contribution in [-0.4, -0.2) is 34.9 Å². The van der Waals surface area contributed by atoms with Gasteiger partial charge in [-0.15, -0.1) is 11.3 Å². The SMILES string of the molecule is CCS(=O)(=O)c1ccc(CC(=O)Nc2nc3c(s2)CN(Cc2ccc(C#N)nc2)[C@H]3C(C)C)cc1. The number of pyridine rings is 1. The molecule has 182 valence electrons. The molecule has 10 heteroatoms. The molecule has 3 aromatic rings. The lowest BCUT2D eigenvalue weighted by Crippen LogP contribution is -2.26. The molecule has 0 spiro atoms. The van der Waals surface area contributed by atoms with E-state index in [-0.39, 0.29) is 29.0 Å². The molecule has 1 N–H and O–H groups in total. The highest BCUT2D eigenvalue weighted by Crippen LogP contribution is 2.43. The number of nitriles is 1. The van der Waals surface area contributed by atoms with Crippen LogP contribution in [0.1, 0.15) is 54.2 Å². The molecular formula is C25H27N5O3S2. The number of sulfone groups is 1.